The quantitative estimate of drug-likeness (QED) is 0.228. The molecule has 0 spiro atoms. The van der Waals surface area contributed by atoms with Crippen LogP contribution in [-0.2, 0) is 6.54 Å². The largest absolute Gasteiger partial charge is 0.493 e. The van der Waals surface area contributed by atoms with Gasteiger partial charge in [-0.05, 0) is 50.2 Å². The van der Waals surface area contributed by atoms with Crippen molar-refractivity contribution in [3.05, 3.63) is 23.8 Å². The van der Waals surface area contributed by atoms with E-state index in [9.17, 15) is 0 Å². The molecule has 0 unspecified atom stereocenters. The summed E-state index contributed by atoms with van der Waals surface area (Å²) in [5.41, 5.74) is 6.94. The van der Waals surface area contributed by atoms with E-state index >= 15 is 0 Å². The van der Waals surface area contributed by atoms with Crippen molar-refractivity contribution in [1.29, 1.82) is 0 Å². The van der Waals surface area contributed by atoms with Crippen molar-refractivity contribution in [2.75, 3.05) is 40.4 Å². The maximum absolute atomic E-state index is 5.92. The van der Waals surface area contributed by atoms with E-state index < -0.39 is 0 Å². The van der Waals surface area contributed by atoms with Gasteiger partial charge in [0.2, 0.25) is 0 Å². The number of unbranched alkanes of at least 4 members (excludes halogenated alkanes) is 1. The predicted octanol–water partition coefficient (Wildman–Crippen LogP) is 2.85. The first-order valence-corrected chi connectivity index (χ1v) is 8.61. The number of hydrogen-bond acceptors (Lipinski definition) is 4. The van der Waals surface area contributed by atoms with E-state index in [1.54, 1.807) is 14.2 Å². The average molecular weight is 464 g/mol. The van der Waals surface area contributed by atoms with Crippen LogP contribution in [0.2, 0.25) is 0 Å². The van der Waals surface area contributed by atoms with E-state index in [4.69, 9.17) is 15.2 Å². The highest BCUT2D eigenvalue weighted by Gasteiger charge is 2.04. The van der Waals surface area contributed by atoms with Gasteiger partial charge in [0.05, 0.1) is 20.8 Å². The number of ether oxygens (including phenoxy) is 2. The van der Waals surface area contributed by atoms with Crippen LogP contribution in [-0.4, -0.2) is 51.3 Å². The minimum absolute atomic E-state index is 0. The summed E-state index contributed by atoms with van der Waals surface area (Å²) in [5.74, 6) is 1.89. The maximum Gasteiger partial charge on any atom is 0.188 e. The van der Waals surface area contributed by atoms with Crippen LogP contribution >= 0.6 is 24.0 Å². The van der Waals surface area contributed by atoms with Gasteiger partial charge in [0, 0.05) is 6.54 Å². The number of nitrogens with one attached hydrogen (secondary N) is 1. The molecule has 0 aliphatic carbocycles. The molecule has 6 nitrogen and oxygen atoms in total. The molecule has 25 heavy (non-hydrogen) atoms. The topological polar surface area (TPSA) is 72.1 Å². The van der Waals surface area contributed by atoms with Crippen LogP contribution < -0.4 is 20.5 Å². The van der Waals surface area contributed by atoms with Crippen molar-refractivity contribution >= 4 is 29.9 Å². The van der Waals surface area contributed by atoms with Crippen molar-refractivity contribution in [2.45, 2.75) is 33.2 Å². The molecule has 0 saturated heterocycles. The van der Waals surface area contributed by atoms with E-state index in [2.05, 4.69) is 29.1 Å². The van der Waals surface area contributed by atoms with Crippen LogP contribution in [0.25, 0.3) is 0 Å². The highest BCUT2D eigenvalue weighted by molar-refractivity contribution is 14.0. The fourth-order valence-electron chi connectivity index (χ4n) is 2.43. The predicted molar refractivity (Wildman–Crippen MR) is 115 cm³/mol. The number of aliphatic imine (C=N–C) groups is 1. The molecule has 0 atom stereocenters. The second-order valence-corrected chi connectivity index (χ2v) is 5.55. The molecule has 144 valence electrons. The molecule has 0 saturated carbocycles. The number of guanidine groups is 1. The number of hydrogen-bond donors (Lipinski definition) is 2. The molecule has 7 heteroatoms. The standard InChI is InChI=1S/C18H32N4O2.HI/c1-5-22(6-2)12-8-7-11-20-18(19)21-14-15-9-10-16(23-3)17(13-15)24-4;/h9-10,13H,5-8,11-12,14H2,1-4H3,(H3,19,20,21);1H. The first kappa shape index (κ1) is 23.8. The van der Waals surface area contributed by atoms with E-state index in [0.29, 0.717) is 24.0 Å². The van der Waals surface area contributed by atoms with Gasteiger partial charge >= 0.3 is 0 Å². The summed E-state index contributed by atoms with van der Waals surface area (Å²) < 4.78 is 10.5. The lowest BCUT2D eigenvalue weighted by Gasteiger charge is -2.17. The van der Waals surface area contributed by atoms with Gasteiger partial charge in [-0.25, -0.2) is 4.99 Å². The number of methoxy groups -OCH3 is 2. The normalized spacial score (nSPS) is 11.2. The summed E-state index contributed by atoms with van der Waals surface area (Å²) in [6, 6.07) is 5.75. The number of rotatable bonds is 11. The van der Waals surface area contributed by atoms with Gasteiger partial charge in [-0.15, -0.1) is 24.0 Å². The fourth-order valence-corrected chi connectivity index (χ4v) is 2.43. The molecule has 0 aliphatic heterocycles. The Kier molecular flexibility index (Phi) is 13.3. The van der Waals surface area contributed by atoms with Crippen LogP contribution in [0.1, 0.15) is 32.3 Å². The molecular weight excluding hydrogens is 431 g/mol. The molecule has 0 radical (unpaired) electrons. The monoisotopic (exact) mass is 464 g/mol. The zero-order valence-electron chi connectivity index (χ0n) is 15.9. The van der Waals surface area contributed by atoms with E-state index in [0.717, 1.165) is 44.6 Å². The Bertz CT molecular complexity index is 508. The Morgan fingerprint density at radius 2 is 1.80 bits per heavy atom. The molecule has 0 amide bonds. The SMILES string of the molecule is CCN(CC)CCCCNC(N)=NCc1ccc(OC)c(OC)c1.I. The van der Waals surface area contributed by atoms with Gasteiger partial charge in [0.15, 0.2) is 17.5 Å². The van der Waals surface area contributed by atoms with Crippen molar-refractivity contribution in [1.82, 2.24) is 10.2 Å². The number of nitrogens with zero attached hydrogens (tertiary/aromatic N) is 2. The van der Waals surface area contributed by atoms with Crippen molar-refractivity contribution in [3.8, 4) is 11.5 Å². The molecule has 3 N–H and O–H groups in total. The Hall–Kier alpha value is -1.22. The molecule has 0 heterocycles. The summed E-state index contributed by atoms with van der Waals surface area (Å²) in [4.78, 5) is 6.79. The van der Waals surface area contributed by atoms with Crippen LogP contribution in [0.3, 0.4) is 0 Å². The summed E-state index contributed by atoms with van der Waals surface area (Å²) in [6.45, 7) is 9.11. The molecule has 1 aromatic carbocycles. The highest BCUT2D eigenvalue weighted by atomic mass is 127. The summed E-state index contributed by atoms with van der Waals surface area (Å²) in [5, 5.41) is 3.17. The lowest BCUT2D eigenvalue weighted by Crippen LogP contribution is -2.33. The molecule has 1 rings (SSSR count). The molecule has 0 fully saturated rings. The zero-order valence-corrected chi connectivity index (χ0v) is 18.2. The number of halogens is 1. The minimum atomic E-state index is 0. The third kappa shape index (κ3) is 9.15. The van der Waals surface area contributed by atoms with Crippen molar-refractivity contribution < 1.29 is 9.47 Å². The maximum atomic E-state index is 5.92. The first-order valence-electron chi connectivity index (χ1n) is 8.61. The van der Waals surface area contributed by atoms with E-state index in [-0.39, 0.29) is 24.0 Å². The van der Waals surface area contributed by atoms with Crippen molar-refractivity contribution in [2.24, 2.45) is 10.7 Å². The zero-order chi connectivity index (χ0) is 17.8. The lowest BCUT2D eigenvalue weighted by atomic mass is 10.2. The first-order chi connectivity index (χ1) is 11.6. The van der Waals surface area contributed by atoms with Crippen LogP contribution in [0.15, 0.2) is 23.2 Å². The summed E-state index contributed by atoms with van der Waals surface area (Å²) in [7, 11) is 3.25. The highest BCUT2D eigenvalue weighted by Crippen LogP contribution is 2.27. The van der Waals surface area contributed by atoms with Gasteiger partial charge in [-0.1, -0.05) is 19.9 Å². The Morgan fingerprint density at radius 3 is 2.40 bits per heavy atom. The summed E-state index contributed by atoms with van der Waals surface area (Å²) >= 11 is 0. The van der Waals surface area contributed by atoms with Crippen molar-refractivity contribution in [3.63, 3.8) is 0 Å². The second-order valence-electron chi connectivity index (χ2n) is 5.55. The van der Waals surface area contributed by atoms with Gasteiger partial charge < -0.3 is 25.4 Å². The van der Waals surface area contributed by atoms with E-state index in [1.165, 1.54) is 0 Å². The fraction of sp³-hybridized carbons (Fsp3) is 0.611. The van der Waals surface area contributed by atoms with E-state index in [1.807, 2.05) is 18.2 Å². The Morgan fingerprint density at radius 1 is 1.12 bits per heavy atom. The lowest BCUT2D eigenvalue weighted by molar-refractivity contribution is 0.297. The van der Waals surface area contributed by atoms with Crippen LogP contribution in [0, 0.1) is 0 Å². The second kappa shape index (κ2) is 14.0. The molecule has 0 aromatic heterocycles. The van der Waals surface area contributed by atoms with Crippen LogP contribution in [0.5, 0.6) is 11.5 Å². The Balaban J connectivity index is 0.00000576. The number of benzene rings is 1. The smallest absolute Gasteiger partial charge is 0.188 e. The van der Waals surface area contributed by atoms with Crippen LogP contribution in [0.4, 0.5) is 0 Å². The summed E-state index contributed by atoms with van der Waals surface area (Å²) in [6.07, 6.45) is 2.25. The average Bonchev–Trinajstić information content (AvgIpc) is 2.62. The van der Waals surface area contributed by atoms with Gasteiger partial charge in [0.1, 0.15) is 0 Å². The number of nitrogens with two attached hydrogens (primary N) is 1. The third-order valence-corrected chi connectivity index (χ3v) is 3.98. The third-order valence-electron chi connectivity index (χ3n) is 3.98. The Labute approximate surface area is 169 Å². The van der Waals surface area contributed by atoms with Gasteiger partial charge in [-0.2, -0.15) is 0 Å². The van der Waals surface area contributed by atoms with Gasteiger partial charge in [-0.3, -0.25) is 0 Å². The molecule has 0 bridgehead atoms. The minimum Gasteiger partial charge on any atom is -0.493 e. The molecular formula is C18H33IN4O2. The van der Waals surface area contributed by atoms with Gasteiger partial charge in [0.25, 0.3) is 0 Å². The molecule has 1 aromatic rings. The molecule has 0 aliphatic rings.